The highest BCUT2D eigenvalue weighted by atomic mass is 16.5. The van der Waals surface area contributed by atoms with E-state index in [0.29, 0.717) is 18.7 Å². The molecule has 2 N–H and O–H groups in total. The number of ether oxygens (including phenoxy) is 1. The molecule has 1 heterocycles. The van der Waals surface area contributed by atoms with Crippen LogP contribution in [-0.2, 0) is 17.9 Å². The summed E-state index contributed by atoms with van der Waals surface area (Å²) in [7, 11) is 1.74. The van der Waals surface area contributed by atoms with Gasteiger partial charge in [0.2, 0.25) is 0 Å². The van der Waals surface area contributed by atoms with Crippen molar-refractivity contribution in [1.82, 2.24) is 10.6 Å². The normalized spacial score (nSPS) is 20.6. The average molecular weight is 262 g/mol. The summed E-state index contributed by atoms with van der Waals surface area (Å²) in [4.78, 5) is 0. The molecule has 0 aliphatic carbocycles. The molecule has 2 atom stereocenters. The van der Waals surface area contributed by atoms with Gasteiger partial charge in [-0.3, -0.25) is 0 Å². The van der Waals surface area contributed by atoms with Gasteiger partial charge in [-0.25, -0.2) is 0 Å². The lowest BCUT2D eigenvalue weighted by Crippen LogP contribution is -2.33. The topological polar surface area (TPSA) is 33.3 Å². The molecule has 1 aliphatic heterocycles. The molecule has 1 aliphatic rings. The monoisotopic (exact) mass is 262 g/mol. The molecule has 0 bridgehead atoms. The van der Waals surface area contributed by atoms with Gasteiger partial charge in [0.15, 0.2) is 0 Å². The Labute approximate surface area is 116 Å². The quantitative estimate of drug-likeness (QED) is 0.792. The Morgan fingerprint density at radius 1 is 1.42 bits per heavy atom. The van der Waals surface area contributed by atoms with Gasteiger partial charge in [0.05, 0.1) is 6.61 Å². The molecule has 2 rings (SSSR count). The fraction of sp³-hybridized carbons (Fsp3) is 0.625. The molecule has 0 amide bonds. The summed E-state index contributed by atoms with van der Waals surface area (Å²) in [5.74, 6) is 0. The molecule has 0 radical (unpaired) electrons. The van der Waals surface area contributed by atoms with Gasteiger partial charge >= 0.3 is 0 Å². The molecule has 1 aromatic rings. The minimum atomic E-state index is 0.557. The number of benzene rings is 1. The standard InChI is InChI=1S/C16H26N2O/c1-13(9-16-7-4-8-17-16)18-11-14-5-3-6-15(10-14)12-19-2/h3,5-6,10,13,16-18H,4,7-9,11-12H2,1-2H3. The Kier molecular flexibility index (Phi) is 5.83. The van der Waals surface area contributed by atoms with E-state index in [4.69, 9.17) is 4.74 Å². The molecule has 1 saturated heterocycles. The smallest absolute Gasteiger partial charge is 0.0713 e. The van der Waals surface area contributed by atoms with E-state index in [2.05, 4.69) is 41.8 Å². The summed E-state index contributed by atoms with van der Waals surface area (Å²) < 4.78 is 5.17. The molecule has 106 valence electrons. The lowest BCUT2D eigenvalue weighted by Gasteiger charge is -2.18. The first-order valence-electron chi connectivity index (χ1n) is 7.31. The molecule has 2 unspecified atom stereocenters. The van der Waals surface area contributed by atoms with Crippen LogP contribution in [0.5, 0.6) is 0 Å². The minimum absolute atomic E-state index is 0.557. The zero-order chi connectivity index (χ0) is 13.5. The predicted octanol–water partition coefficient (Wildman–Crippen LogP) is 2.45. The molecule has 3 heteroatoms. The van der Waals surface area contributed by atoms with Crippen LogP contribution < -0.4 is 10.6 Å². The third-order valence-corrected chi connectivity index (χ3v) is 3.76. The summed E-state index contributed by atoms with van der Waals surface area (Å²) in [6, 6.07) is 9.88. The van der Waals surface area contributed by atoms with E-state index in [-0.39, 0.29) is 0 Å². The molecule has 19 heavy (non-hydrogen) atoms. The molecule has 0 spiro atoms. The SMILES string of the molecule is COCc1cccc(CNC(C)CC2CCCN2)c1. The van der Waals surface area contributed by atoms with Crippen molar-refractivity contribution in [1.29, 1.82) is 0 Å². The Bertz CT molecular complexity index is 375. The first kappa shape index (κ1) is 14.5. The third kappa shape index (κ3) is 4.94. The van der Waals surface area contributed by atoms with Crippen molar-refractivity contribution in [2.75, 3.05) is 13.7 Å². The van der Waals surface area contributed by atoms with Gasteiger partial charge < -0.3 is 15.4 Å². The first-order chi connectivity index (χ1) is 9.28. The van der Waals surface area contributed by atoms with Crippen molar-refractivity contribution < 1.29 is 4.74 Å². The maximum Gasteiger partial charge on any atom is 0.0713 e. The van der Waals surface area contributed by atoms with Gasteiger partial charge in [0, 0.05) is 25.7 Å². The van der Waals surface area contributed by atoms with Crippen molar-refractivity contribution in [3.63, 3.8) is 0 Å². The maximum absolute atomic E-state index is 5.17. The molecular formula is C16H26N2O. The molecule has 1 fully saturated rings. The summed E-state index contributed by atoms with van der Waals surface area (Å²) >= 11 is 0. The number of nitrogens with one attached hydrogen (secondary N) is 2. The van der Waals surface area contributed by atoms with E-state index >= 15 is 0 Å². The minimum Gasteiger partial charge on any atom is -0.380 e. The van der Waals surface area contributed by atoms with E-state index in [1.54, 1.807) is 7.11 Å². The van der Waals surface area contributed by atoms with Crippen LogP contribution >= 0.6 is 0 Å². The van der Waals surface area contributed by atoms with Crippen LogP contribution in [0.4, 0.5) is 0 Å². The third-order valence-electron chi connectivity index (χ3n) is 3.76. The van der Waals surface area contributed by atoms with Crippen LogP contribution in [-0.4, -0.2) is 25.7 Å². The van der Waals surface area contributed by atoms with E-state index < -0.39 is 0 Å². The zero-order valence-electron chi connectivity index (χ0n) is 12.1. The highest BCUT2D eigenvalue weighted by molar-refractivity contribution is 5.22. The Morgan fingerprint density at radius 2 is 2.26 bits per heavy atom. The Morgan fingerprint density at radius 3 is 3.00 bits per heavy atom. The molecule has 0 aromatic heterocycles. The van der Waals surface area contributed by atoms with Gasteiger partial charge in [-0.05, 0) is 43.9 Å². The first-order valence-corrected chi connectivity index (χ1v) is 7.31. The highest BCUT2D eigenvalue weighted by Crippen LogP contribution is 2.12. The summed E-state index contributed by atoms with van der Waals surface area (Å²) in [5.41, 5.74) is 2.58. The van der Waals surface area contributed by atoms with Gasteiger partial charge in [-0.15, -0.1) is 0 Å². The van der Waals surface area contributed by atoms with Crippen molar-refractivity contribution >= 4 is 0 Å². The van der Waals surface area contributed by atoms with Crippen molar-refractivity contribution in [2.24, 2.45) is 0 Å². The van der Waals surface area contributed by atoms with E-state index in [0.717, 1.165) is 6.54 Å². The van der Waals surface area contributed by atoms with Crippen molar-refractivity contribution in [3.8, 4) is 0 Å². The van der Waals surface area contributed by atoms with E-state index in [1.165, 1.54) is 36.9 Å². The van der Waals surface area contributed by atoms with Crippen LogP contribution in [0.25, 0.3) is 0 Å². The zero-order valence-corrected chi connectivity index (χ0v) is 12.1. The maximum atomic E-state index is 5.17. The fourth-order valence-electron chi connectivity index (χ4n) is 2.76. The number of rotatable bonds is 7. The van der Waals surface area contributed by atoms with Crippen LogP contribution in [0.3, 0.4) is 0 Å². The number of hydrogen-bond acceptors (Lipinski definition) is 3. The van der Waals surface area contributed by atoms with Crippen LogP contribution in [0.2, 0.25) is 0 Å². The molecule has 1 aromatic carbocycles. The summed E-state index contributed by atoms with van der Waals surface area (Å²) in [6.45, 7) is 5.09. The fourth-order valence-corrected chi connectivity index (χ4v) is 2.76. The highest BCUT2D eigenvalue weighted by Gasteiger charge is 2.16. The van der Waals surface area contributed by atoms with Crippen molar-refractivity contribution in [3.05, 3.63) is 35.4 Å². The van der Waals surface area contributed by atoms with Crippen LogP contribution in [0.15, 0.2) is 24.3 Å². The van der Waals surface area contributed by atoms with Gasteiger partial charge in [-0.1, -0.05) is 24.3 Å². The summed E-state index contributed by atoms with van der Waals surface area (Å²) in [6.07, 6.45) is 3.88. The van der Waals surface area contributed by atoms with E-state index in [1.807, 2.05) is 0 Å². The Hall–Kier alpha value is -0.900. The largest absolute Gasteiger partial charge is 0.380 e. The number of methoxy groups -OCH3 is 1. The van der Waals surface area contributed by atoms with Crippen molar-refractivity contribution in [2.45, 2.75) is 51.4 Å². The lowest BCUT2D eigenvalue weighted by molar-refractivity contribution is 0.185. The second kappa shape index (κ2) is 7.63. The molecule has 3 nitrogen and oxygen atoms in total. The second-order valence-electron chi connectivity index (χ2n) is 5.56. The Balaban J connectivity index is 1.75. The summed E-state index contributed by atoms with van der Waals surface area (Å²) in [5, 5.41) is 7.17. The van der Waals surface area contributed by atoms with Crippen LogP contribution in [0.1, 0.15) is 37.3 Å². The van der Waals surface area contributed by atoms with Crippen LogP contribution in [0, 0.1) is 0 Å². The predicted molar refractivity (Wildman–Crippen MR) is 79.1 cm³/mol. The number of hydrogen-bond donors (Lipinski definition) is 2. The van der Waals surface area contributed by atoms with Gasteiger partial charge in [0.1, 0.15) is 0 Å². The van der Waals surface area contributed by atoms with Gasteiger partial charge in [-0.2, -0.15) is 0 Å². The second-order valence-corrected chi connectivity index (χ2v) is 5.56. The molecule has 0 saturated carbocycles. The lowest BCUT2D eigenvalue weighted by atomic mass is 10.1. The van der Waals surface area contributed by atoms with E-state index in [9.17, 15) is 0 Å². The molecular weight excluding hydrogens is 236 g/mol. The van der Waals surface area contributed by atoms with Gasteiger partial charge in [0.25, 0.3) is 0 Å². The average Bonchev–Trinajstić information content (AvgIpc) is 2.90.